The van der Waals surface area contributed by atoms with E-state index in [-0.39, 0.29) is 12.1 Å². The van der Waals surface area contributed by atoms with Gasteiger partial charge in [0, 0.05) is 32.3 Å². The van der Waals surface area contributed by atoms with Crippen LogP contribution >= 0.6 is 0 Å². The molecule has 2 aliphatic heterocycles. The van der Waals surface area contributed by atoms with Gasteiger partial charge in [0.1, 0.15) is 5.75 Å². The van der Waals surface area contributed by atoms with Crippen molar-refractivity contribution in [2.24, 2.45) is 5.41 Å². The van der Waals surface area contributed by atoms with Gasteiger partial charge in [-0.1, -0.05) is 12.1 Å². The minimum absolute atomic E-state index is 0.0637. The van der Waals surface area contributed by atoms with Gasteiger partial charge in [0.25, 0.3) is 0 Å². The SMILES string of the molecule is COc1cccc(C[C@@H](C)NC(=O)N2CCC3(CCOCC3)C2)c1. The topological polar surface area (TPSA) is 50.8 Å². The summed E-state index contributed by atoms with van der Waals surface area (Å²) in [4.78, 5) is 14.5. The number of carbonyl (C=O) groups excluding carboxylic acids is 1. The summed E-state index contributed by atoms with van der Waals surface area (Å²) in [5, 5.41) is 3.14. The Morgan fingerprint density at radius 2 is 2.17 bits per heavy atom. The van der Waals surface area contributed by atoms with E-state index in [9.17, 15) is 4.79 Å². The number of nitrogens with one attached hydrogen (secondary N) is 1. The molecule has 2 fully saturated rings. The maximum Gasteiger partial charge on any atom is 0.317 e. The zero-order valence-electron chi connectivity index (χ0n) is 14.7. The summed E-state index contributed by atoms with van der Waals surface area (Å²) in [5.74, 6) is 0.854. The second-order valence-corrected chi connectivity index (χ2v) is 7.19. The Morgan fingerprint density at radius 3 is 2.92 bits per heavy atom. The molecule has 1 spiro atoms. The zero-order chi connectivity index (χ0) is 17.0. The summed E-state index contributed by atoms with van der Waals surface area (Å²) >= 11 is 0. The Kier molecular flexibility index (Phi) is 5.29. The van der Waals surface area contributed by atoms with Crippen molar-refractivity contribution in [1.82, 2.24) is 10.2 Å². The van der Waals surface area contributed by atoms with Gasteiger partial charge in [0.15, 0.2) is 0 Å². The van der Waals surface area contributed by atoms with E-state index in [1.54, 1.807) is 7.11 Å². The average molecular weight is 332 g/mol. The predicted molar refractivity (Wildman–Crippen MR) is 93.4 cm³/mol. The van der Waals surface area contributed by atoms with Crippen molar-refractivity contribution in [3.8, 4) is 5.75 Å². The van der Waals surface area contributed by atoms with E-state index in [1.165, 1.54) is 5.56 Å². The van der Waals surface area contributed by atoms with Gasteiger partial charge in [-0.25, -0.2) is 4.79 Å². The highest BCUT2D eigenvalue weighted by molar-refractivity contribution is 5.75. The lowest BCUT2D eigenvalue weighted by Crippen LogP contribution is -2.44. The van der Waals surface area contributed by atoms with Gasteiger partial charge in [0.05, 0.1) is 7.11 Å². The van der Waals surface area contributed by atoms with Crippen molar-refractivity contribution in [3.63, 3.8) is 0 Å². The molecule has 1 aromatic rings. The molecular weight excluding hydrogens is 304 g/mol. The molecule has 5 nitrogen and oxygen atoms in total. The number of hydrogen-bond donors (Lipinski definition) is 1. The van der Waals surface area contributed by atoms with Gasteiger partial charge in [-0.2, -0.15) is 0 Å². The molecule has 132 valence electrons. The van der Waals surface area contributed by atoms with Gasteiger partial charge >= 0.3 is 6.03 Å². The van der Waals surface area contributed by atoms with Crippen LogP contribution in [0.5, 0.6) is 5.75 Å². The minimum Gasteiger partial charge on any atom is -0.497 e. The lowest BCUT2D eigenvalue weighted by atomic mass is 9.80. The molecule has 1 atom stereocenters. The van der Waals surface area contributed by atoms with E-state index in [1.807, 2.05) is 23.1 Å². The number of rotatable bonds is 4. The molecule has 2 heterocycles. The maximum absolute atomic E-state index is 12.6. The third-order valence-corrected chi connectivity index (χ3v) is 5.32. The summed E-state index contributed by atoms with van der Waals surface area (Å²) < 4.78 is 10.7. The highest BCUT2D eigenvalue weighted by Crippen LogP contribution is 2.39. The van der Waals surface area contributed by atoms with Crippen LogP contribution in [0.25, 0.3) is 0 Å². The largest absolute Gasteiger partial charge is 0.497 e. The van der Waals surface area contributed by atoms with Crippen molar-refractivity contribution >= 4 is 6.03 Å². The van der Waals surface area contributed by atoms with Gasteiger partial charge in [0.2, 0.25) is 0 Å². The summed E-state index contributed by atoms with van der Waals surface area (Å²) in [6.45, 7) is 5.45. The first-order valence-electron chi connectivity index (χ1n) is 8.86. The van der Waals surface area contributed by atoms with Crippen LogP contribution in [0.2, 0.25) is 0 Å². The van der Waals surface area contributed by atoms with Crippen molar-refractivity contribution in [2.75, 3.05) is 33.4 Å². The Balaban J connectivity index is 1.51. The molecule has 0 aromatic heterocycles. The fourth-order valence-corrected chi connectivity index (χ4v) is 3.83. The number of ether oxygens (including phenoxy) is 2. The minimum atomic E-state index is 0.0637. The number of hydrogen-bond acceptors (Lipinski definition) is 3. The Labute approximate surface area is 144 Å². The number of likely N-dealkylation sites (tertiary alicyclic amines) is 1. The number of methoxy groups -OCH3 is 1. The van der Waals surface area contributed by atoms with Crippen LogP contribution in [0, 0.1) is 5.41 Å². The summed E-state index contributed by atoms with van der Waals surface area (Å²) in [6.07, 6.45) is 4.07. The third-order valence-electron chi connectivity index (χ3n) is 5.32. The van der Waals surface area contributed by atoms with Crippen LogP contribution < -0.4 is 10.1 Å². The zero-order valence-corrected chi connectivity index (χ0v) is 14.7. The molecule has 1 N–H and O–H groups in total. The standard InChI is InChI=1S/C19H28N2O3/c1-15(12-16-4-3-5-17(13-16)23-2)20-18(22)21-9-6-19(14-21)7-10-24-11-8-19/h3-5,13,15H,6-12,14H2,1-2H3,(H,20,22)/t15-/m1/s1. The molecule has 5 heteroatoms. The van der Waals surface area contributed by atoms with Crippen LogP contribution in [0.1, 0.15) is 31.7 Å². The molecule has 0 unspecified atom stereocenters. The number of amides is 2. The second kappa shape index (κ2) is 7.43. The number of benzene rings is 1. The van der Waals surface area contributed by atoms with Crippen molar-refractivity contribution in [1.29, 1.82) is 0 Å². The van der Waals surface area contributed by atoms with Crippen molar-refractivity contribution < 1.29 is 14.3 Å². The maximum atomic E-state index is 12.6. The van der Waals surface area contributed by atoms with Gasteiger partial charge < -0.3 is 19.7 Å². The third kappa shape index (κ3) is 4.01. The van der Waals surface area contributed by atoms with Crippen LogP contribution in [0.3, 0.4) is 0 Å². The molecule has 1 aromatic carbocycles. The van der Waals surface area contributed by atoms with E-state index < -0.39 is 0 Å². The number of carbonyl (C=O) groups is 1. The molecule has 24 heavy (non-hydrogen) atoms. The molecule has 0 aliphatic carbocycles. The van der Waals surface area contributed by atoms with Gasteiger partial charge in [-0.05, 0) is 55.7 Å². The Hall–Kier alpha value is -1.75. The second-order valence-electron chi connectivity index (χ2n) is 7.19. The van der Waals surface area contributed by atoms with E-state index in [0.29, 0.717) is 5.41 Å². The van der Waals surface area contributed by atoms with Crippen molar-refractivity contribution in [3.05, 3.63) is 29.8 Å². The van der Waals surface area contributed by atoms with E-state index >= 15 is 0 Å². The number of urea groups is 1. The molecule has 2 amide bonds. The summed E-state index contributed by atoms with van der Waals surface area (Å²) in [6, 6.07) is 8.17. The normalized spacial score (nSPS) is 20.8. The first-order valence-corrected chi connectivity index (χ1v) is 8.86. The molecular formula is C19H28N2O3. The fourth-order valence-electron chi connectivity index (χ4n) is 3.83. The predicted octanol–water partition coefficient (Wildman–Crippen LogP) is 2.84. The van der Waals surface area contributed by atoms with Crippen LogP contribution in [-0.2, 0) is 11.2 Å². The van der Waals surface area contributed by atoms with E-state index in [2.05, 4.69) is 18.3 Å². The van der Waals surface area contributed by atoms with Crippen LogP contribution in [-0.4, -0.2) is 50.4 Å². The highest BCUT2D eigenvalue weighted by atomic mass is 16.5. The first-order chi connectivity index (χ1) is 11.6. The highest BCUT2D eigenvalue weighted by Gasteiger charge is 2.41. The Bertz CT molecular complexity index is 569. The molecule has 0 radical (unpaired) electrons. The average Bonchev–Trinajstić information content (AvgIpc) is 2.99. The molecule has 2 aliphatic rings. The van der Waals surface area contributed by atoms with Crippen LogP contribution in [0.4, 0.5) is 4.79 Å². The number of nitrogens with zero attached hydrogens (tertiary/aromatic N) is 1. The van der Waals surface area contributed by atoms with E-state index in [4.69, 9.17) is 9.47 Å². The fraction of sp³-hybridized carbons (Fsp3) is 0.632. The molecule has 0 saturated carbocycles. The Morgan fingerprint density at radius 1 is 1.38 bits per heavy atom. The molecule has 0 bridgehead atoms. The first kappa shape index (κ1) is 17.1. The lowest BCUT2D eigenvalue weighted by Gasteiger charge is -2.33. The van der Waals surface area contributed by atoms with Gasteiger partial charge in [-0.3, -0.25) is 0 Å². The molecule has 2 saturated heterocycles. The van der Waals surface area contributed by atoms with E-state index in [0.717, 1.165) is 57.7 Å². The molecule has 3 rings (SSSR count). The quantitative estimate of drug-likeness (QED) is 0.922. The lowest BCUT2D eigenvalue weighted by molar-refractivity contribution is 0.0208. The van der Waals surface area contributed by atoms with Crippen molar-refractivity contribution in [2.45, 2.75) is 38.6 Å². The van der Waals surface area contributed by atoms with Crippen LogP contribution in [0.15, 0.2) is 24.3 Å². The summed E-state index contributed by atoms with van der Waals surface area (Å²) in [7, 11) is 1.67. The monoisotopic (exact) mass is 332 g/mol. The van der Waals surface area contributed by atoms with Gasteiger partial charge in [-0.15, -0.1) is 0 Å². The smallest absolute Gasteiger partial charge is 0.317 e. The summed E-state index contributed by atoms with van der Waals surface area (Å²) in [5.41, 5.74) is 1.47.